The molecule has 1 aromatic rings. The largest absolute Gasteiger partial charge is 0.473 e. The van der Waals surface area contributed by atoms with Gasteiger partial charge in [0.15, 0.2) is 9.84 Å². The molecule has 8 heteroatoms. The van der Waals surface area contributed by atoms with Gasteiger partial charge in [0, 0.05) is 25.2 Å². The lowest BCUT2D eigenvalue weighted by atomic mass is 10.2. The number of carbonyl (C=O) groups excluding carboxylic acids is 1. The molecule has 7 nitrogen and oxygen atoms in total. The van der Waals surface area contributed by atoms with Gasteiger partial charge in [-0.05, 0) is 39.4 Å². The van der Waals surface area contributed by atoms with Crippen LogP contribution >= 0.6 is 0 Å². The van der Waals surface area contributed by atoms with Crippen LogP contribution in [0, 0.1) is 6.92 Å². The van der Waals surface area contributed by atoms with E-state index in [1.165, 1.54) is 0 Å². The second kappa shape index (κ2) is 7.48. The van der Waals surface area contributed by atoms with E-state index >= 15 is 0 Å². The van der Waals surface area contributed by atoms with E-state index in [-0.39, 0.29) is 36.0 Å². The number of aromatic nitrogens is 1. The molecule has 1 fully saturated rings. The topological polar surface area (TPSA) is 88.6 Å². The number of hydrogen-bond donors (Lipinski definition) is 1. The van der Waals surface area contributed by atoms with Crippen LogP contribution in [0.15, 0.2) is 12.3 Å². The van der Waals surface area contributed by atoms with Crippen LogP contribution in [0.5, 0.6) is 5.88 Å². The Bertz CT molecular complexity index is 703. The number of nitrogens with one attached hydrogen (secondary N) is 1. The van der Waals surface area contributed by atoms with Crippen molar-refractivity contribution < 1.29 is 17.9 Å². The summed E-state index contributed by atoms with van der Waals surface area (Å²) in [5, 5.41) is 2.80. The van der Waals surface area contributed by atoms with Crippen molar-refractivity contribution in [2.75, 3.05) is 30.4 Å². The monoisotopic (exact) mass is 355 g/mol. The molecule has 0 radical (unpaired) electrons. The van der Waals surface area contributed by atoms with E-state index in [2.05, 4.69) is 10.3 Å². The number of carbonyl (C=O) groups is 1. The first-order valence-electron chi connectivity index (χ1n) is 8.00. The lowest BCUT2D eigenvalue weighted by molar-refractivity contribution is -0.117. The smallest absolute Gasteiger partial charge is 0.238 e. The maximum Gasteiger partial charge on any atom is 0.238 e. The Labute approximate surface area is 143 Å². The van der Waals surface area contributed by atoms with E-state index in [4.69, 9.17) is 4.74 Å². The van der Waals surface area contributed by atoms with Gasteiger partial charge in [-0.1, -0.05) is 0 Å². The minimum absolute atomic E-state index is 0.0122. The molecular formula is C16H25N3O4S. The summed E-state index contributed by atoms with van der Waals surface area (Å²) in [6, 6.07) is 1.49. The van der Waals surface area contributed by atoms with Crippen LogP contribution in [0.1, 0.15) is 25.8 Å². The van der Waals surface area contributed by atoms with Crippen LogP contribution in [0.3, 0.4) is 0 Å². The first-order chi connectivity index (χ1) is 11.2. The zero-order valence-corrected chi connectivity index (χ0v) is 15.4. The van der Waals surface area contributed by atoms with E-state index < -0.39 is 9.84 Å². The van der Waals surface area contributed by atoms with Crippen molar-refractivity contribution in [1.29, 1.82) is 0 Å². The van der Waals surface area contributed by atoms with Crippen LogP contribution < -0.4 is 10.1 Å². The van der Waals surface area contributed by atoms with Gasteiger partial charge in [-0.25, -0.2) is 13.4 Å². The number of amides is 1. The third-order valence-corrected chi connectivity index (χ3v) is 5.55. The predicted molar refractivity (Wildman–Crippen MR) is 93.1 cm³/mol. The normalized spacial score (nSPS) is 20.8. The highest BCUT2D eigenvalue weighted by Gasteiger charge is 2.30. The first kappa shape index (κ1) is 18.7. The van der Waals surface area contributed by atoms with Gasteiger partial charge in [-0.2, -0.15) is 0 Å². The quantitative estimate of drug-likeness (QED) is 0.855. The van der Waals surface area contributed by atoms with Crippen LogP contribution in [0.2, 0.25) is 0 Å². The summed E-state index contributed by atoms with van der Waals surface area (Å²) >= 11 is 0. The number of rotatable bonds is 5. The molecule has 0 aromatic carbocycles. The first-order valence-corrected chi connectivity index (χ1v) is 9.82. The number of pyridine rings is 1. The van der Waals surface area contributed by atoms with Gasteiger partial charge in [0.2, 0.25) is 11.8 Å². The average Bonchev–Trinajstić information content (AvgIpc) is 2.45. The van der Waals surface area contributed by atoms with E-state index in [0.717, 1.165) is 5.56 Å². The highest BCUT2D eigenvalue weighted by Crippen LogP contribution is 2.24. The van der Waals surface area contributed by atoms with Crippen molar-refractivity contribution in [1.82, 2.24) is 9.88 Å². The van der Waals surface area contributed by atoms with Gasteiger partial charge in [-0.15, -0.1) is 0 Å². The van der Waals surface area contributed by atoms with Gasteiger partial charge in [-0.3, -0.25) is 4.79 Å². The minimum atomic E-state index is -3.07. The summed E-state index contributed by atoms with van der Waals surface area (Å²) in [4.78, 5) is 18.5. The summed E-state index contributed by atoms with van der Waals surface area (Å²) in [7, 11) is -1.23. The van der Waals surface area contributed by atoms with Gasteiger partial charge in [0.25, 0.3) is 0 Å². The third kappa shape index (κ3) is 5.17. The standard InChI is InChI=1S/C16H25N3O4S/c1-11(2)23-16-14(7-12(3)9-17-16)18-15(20)8-13-10-24(21,22)6-5-19(13)4/h7,9,11,13H,5-6,8,10H2,1-4H3,(H,18,20). The fourth-order valence-corrected chi connectivity index (χ4v) is 4.25. The molecule has 1 atom stereocenters. The highest BCUT2D eigenvalue weighted by atomic mass is 32.2. The molecule has 1 saturated heterocycles. The maximum absolute atomic E-state index is 12.4. The molecule has 1 aliphatic heterocycles. The van der Waals surface area contributed by atoms with Crippen LogP contribution in [-0.4, -0.2) is 61.5 Å². The Hall–Kier alpha value is -1.67. The van der Waals surface area contributed by atoms with Crippen LogP contribution in [-0.2, 0) is 14.6 Å². The summed E-state index contributed by atoms with van der Waals surface area (Å²) in [5.74, 6) is 0.284. The summed E-state index contributed by atoms with van der Waals surface area (Å²) in [5.41, 5.74) is 1.41. The van der Waals surface area contributed by atoms with E-state index in [1.54, 1.807) is 12.3 Å². The molecule has 24 heavy (non-hydrogen) atoms. The van der Waals surface area contributed by atoms with Crippen LogP contribution in [0.25, 0.3) is 0 Å². The lowest BCUT2D eigenvalue weighted by Crippen LogP contribution is -2.47. The number of hydrogen-bond acceptors (Lipinski definition) is 6. The number of anilines is 1. The van der Waals surface area contributed by atoms with Crippen molar-refractivity contribution in [3.05, 3.63) is 17.8 Å². The SMILES string of the molecule is Cc1cnc(OC(C)C)c(NC(=O)CC2CS(=O)(=O)CCN2C)c1. The number of sulfone groups is 1. The fourth-order valence-electron chi connectivity index (χ4n) is 2.56. The average molecular weight is 355 g/mol. The number of aryl methyl sites for hydroxylation is 1. The van der Waals surface area contributed by atoms with Gasteiger partial charge < -0.3 is 15.0 Å². The molecule has 134 valence electrons. The Morgan fingerprint density at radius 3 is 2.88 bits per heavy atom. The Morgan fingerprint density at radius 1 is 1.50 bits per heavy atom. The van der Waals surface area contributed by atoms with Gasteiger partial charge in [0.05, 0.1) is 17.6 Å². The molecule has 2 rings (SSSR count). The van der Waals surface area contributed by atoms with Crippen molar-refractivity contribution in [3.63, 3.8) is 0 Å². The number of ether oxygens (including phenoxy) is 1. The fraction of sp³-hybridized carbons (Fsp3) is 0.625. The minimum Gasteiger partial charge on any atom is -0.473 e. The van der Waals surface area contributed by atoms with Crippen molar-refractivity contribution in [3.8, 4) is 5.88 Å². The molecule has 0 spiro atoms. The van der Waals surface area contributed by atoms with E-state index in [0.29, 0.717) is 18.1 Å². The molecule has 1 unspecified atom stereocenters. The van der Waals surface area contributed by atoms with Crippen molar-refractivity contribution in [2.24, 2.45) is 0 Å². The predicted octanol–water partition coefficient (Wildman–Crippen LogP) is 1.23. The van der Waals surface area contributed by atoms with Crippen LogP contribution in [0.4, 0.5) is 5.69 Å². The number of nitrogens with zero attached hydrogens (tertiary/aromatic N) is 2. The molecule has 1 aliphatic rings. The summed E-state index contributed by atoms with van der Waals surface area (Å²) in [6.07, 6.45) is 1.73. The van der Waals surface area contributed by atoms with Gasteiger partial charge in [0.1, 0.15) is 5.69 Å². The third-order valence-electron chi connectivity index (χ3n) is 3.85. The van der Waals surface area contributed by atoms with Gasteiger partial charge >= 0.3 is 0 Å². The molecule has 0 saturated carbocycles. The second-order valence-electron chi connectivity index (χ2n) is 6.53. The molecule has 1 N–H and O–H groups in total. The Kier molecular flexibility index (Phi) is 5.82. The van der Waals surface area contributed by atoms with E-state index in [1.807, 2.05) is 32.7 Å². The molecule has 2 heterocycles. The van der Waals surface area contributed by atoms with Crippen molar-refractivity contribution >= 4 is 21.4 Å². The maximum atomic E-state index is 12.4. The molecule has 1 amide bonds. The Morgan fingerprint density at radius 2 is 2.21 bits per heavy atom. The summed E-state index contributed by atoms with van der Waals surface area (Å²) < 4.78 is 29.2. The molecular weight excluding hydrogens is 330 g/mol. The molecule has 0 aliphatic carbocycles. The Balaban J connectivity index is 2.08. The highest BCUT2D eigenvalue weighted by molar-refractivity contribution is 7.91. The van der Waals surface area contributed by atoms with Crippen molar-refractivity contribution in [2.45, 2.75) is 39.3 Å². The molecule has 0 bridgehead atoms. The van der Waals surface area contributed by atoms with E-state index in [9.17, 15) is 13.2 Å². The lowest BCUT2D eigenvalue weighted by Gasteiger charge is -2.31. The second-order valence-corrected chi connectivity index (χ2v) is 8.76. The zero-order valence-electron chi connectivity index (χ0n) is 14.6. The summed E-state index contributed by atoms with van der Waals surface area (Å²) in [6.45, 7) is 6.10. The zero-order chi connectivity index (χ0) is 17.9. The molecule has 1 aromatic heterocycles.